The molecule has 0 spiro atoms. The number of nitrogens with zero attached hydrogens (tertiary/aromatic N) is 2. The van der Waals surface area contributed by atoms with Crippen LogP contribution in [0.1, 0.15) is 27.2 Å². The Morgan fingerprint density at radius 3 is 2.74 bits per heavy atom. The lowest BCUT2D eigenvalue weighted by atomic mass is 10.0. The molecule has 2 atom stereocenters. The van der Waals surface area contributed by atoms with Gasteiger partial charge < -0.3 is 4.90 Å². The summed E-state index contributed by atoms with van der Waals surface area (Å²) in [5.74, 6) is 1.33. The summed E-state index contributed by atoms with van der Waals surface area (Å²) in [4.78, 5) is 6.82. The molecule has 2 unspecified atom stereocenters. The SMILES string of the molecule is CNS(=O)(=O)NCC1CC2=C(C)C(C)N=C(C)N2C1. The second kappa shape index (κ2) is 5.22. The Labute approximate surface area is 115 Å². The van der Waals surface area contributed by atoms with E-state index in [1.54, 1.807) is 0 Å². The highest BCUT2D eigenvalue weighted by atomic mass is 32.2. The third-order valence-corrected chi connectivity index (χ3v) is 5.02. The van der Waals surface area contributed by atoms with Crippen molar-refractivity contribution < 1.29 is 8.42 Å². The molecule has 19 heavy (non-hydrogen) atoms. The van der Waals surface area contributed by atoms with Crippen LogP contribution in [0.2, 0.25) is 0 Å². The maximum Gasteiger partial charge on any atom is 0.276 e. The minimum atomic E-state index is -3.34. The first-order valence-electron chi connectivity index (χ1n) is 6.53. The van der Waals surface area contributed by atoms with E-state index >= 15 is 0 Å². The number of aliphatic imine (C=N–C) groups is 1. The maximum atomic E-state index is 11.4. The quantitative estimate of drug-likeness (QED) is 0.788. The number of hydrogen-bond acceptors (Lipinski definition) is 4. The van der Waals surface area contributed by atoms with Gasteiger partial charge >= 0.3 is 0 Å². The van der Waals surface area contributed by atoms with E-state index in [-0.39, 0.29) is 6.04 Å². The molecule has 0 radical (unpaired) electrons. The summed E-state index contributed by atoms with van der Waals surface area (Å²) in [7, 11) is -1.93. The Kier molecular flexibility index (Phi) is 3.98. The van der Waals surface area contributed by atoms with Crippen LogP contribution >= 0.6 is 0 Å². The average Bonchev–Trinajstić information content (AvgIpc) is 2.79. The minimum absolute atomic E-state index is 0.235. The number of rotatable bonds is 4. The van der Waals surface area contributed by atoms with E-state index in [0.29, 0.717) is 12.5 Å². The third-order valence-electron chi connectivity index (χ3n) is 3.93. The molecule has 0 saturated carbocycles. The predicted molar refractivity (Wildman–Crippen MR) is 76.1 cm³/mol. The molecule has 6 nitrogen and oxygen atoms in total. The van der Waals surface area contributed by atoms with Crippen molar-refractivity contribution in [2.75, 3.05) is 20.1 Å². The Morgan fingerprint density at radius 1 is 1.42 bits per heavy atom. The summed E-state index contributed by atoms with van der Waals surface area (Å²) < 4.78 is 27.6. The predicted octanol–water partition coefficient (Wildman–Crippen LogP) is 0.457. The van der Waals surface area contributed by atoms with Gasteiger partial charge in [0.25, 0.3) is 10.2 Å². The van der Waals surface area contributed by atoms with Gasteiger partial charge in [0.15, 0.2) is 0 Å². The Bertz CT molecular complexity index is 524. The monoisotopic (exact) mass is 286 g/mol. The van der Waals surface area contributed by atoms with Crippen LogP contribution in [0.3, 0.4) is 0 Å². The van der Waals surface area contributed by atoms with Crippen molar-refractivity contribution in [1.82, 2.24) is 14.3 Å². The van der Waals surface area contributed by atoms with Crippen LogP contribution in [0.25, 0.3) is 0 Å². The zero-order valence-electron chi connectivity index (χ0n) is 11.9. The van der Waals surface area contributed by atoms with Gasteiger partial charge in [-0.1, -0.05) is 0 Å². The lowest BCUT2D eigenvalue weighted by molar-refractivity contribution is 0.478. The van der Waals surface area contributed by atoms with Crippen molar-refractivity contribution in [3.05, 3.63) is 11.3 Å². The number of nitrogens with one attached hydrogen (secondary N) is 2. The maximum absolute atomic E-state index is 11.4. The average molecular weight is 286 g/mol. The van der Waals surface area contributed by atoms with E-state index in [2.05, 4.69) is 33.2 Å². The molecule has 2 aliphatic rings. The number of amidine groups is 1. The molecule has 108 valence electrons. The van der Waals surface area contributed by atoms with Crippen LogP contribution in [0.4, 0.5) is 0 Å². The fourth-order valence-corrected chi connectivity index (χ4v) is 3.24. The summed E-state index contributed by atoms with van der Waals surface area (Å²) in [5.41, 5.74) is 2.61. The van der Waals surface area contributed by atoms with E-state index in [4.69, 9.17) is 0 Å². The van der Waals surface area contributed by atoms with Gasteiger partial charge in [-0.05, 0) is 38.7 Å². The fourth-order valence-electron chi connectivity index (χ4n) is 2.64. The molecule has 0 aromatic heterocycles. The first kappa shape index (κ1) is 14.5. The summed E-state index contributed by atoms with van der Waals surface area (Å²) in [6.07, 6.45) is 0.912. The lowest BCUT2D eigenvalue weighted by Crippen LogP contribution is -2.38. The second-order valence-corrected chi connectivity index (χ2v) is 6.92. The van der Waals surface area contributed by atoms with Gasteiger partial charge in [-0.2, -0.15) is 8.42 Å². The first-order valence-corrected chi connectivity index (χ1v) is 8.02. The Balaban J connectivity index is 2.05. The second-order valence-electron chi connectivity index (χ2n) is 5.22. The standard InChI is InChI=1S/C12H22N4O2S/c1-8-9(2)15-10(3)16-7-11(5-12(8)16)6-14-19(17,18)13-4/h9,11,13-14H,5-7H2,1-4H3. The van der Waals surface area contributed by atoms with Crippen molar-refractivity contribution in [3.63, 3.8) is 0 Å². The van der Waals surface area contributed by atoms with Crippen LogP contribution in [0.15, 0.2) is 16.3 Å². The smallest absolute Gasteiger partial charge is 0.276 e. The summed E-state index contributed by atoms with van der Waals surface area (Å²) in [5, 5.41) is 0. The van der Waals surface area contributed by atoms with E-state index in [0.717, 1.165) is 18.8 Å². The number of hydrogen-bond donors (Lipinski definition) is 2. The van der Waals surface area contributed by atoms with E-state index in [9.17, 15) is 8.42 Å². The van der Waals surface area contributed by atoms with Crippen molar-refractivity contribution in [1.29, 1.82) is 0 Å². The zero-order chi connectivity index (χ0) is 14.2. The molecule has 0 amide bonds. The largest absolute Gasteiger partial charge is 0.334 e. The van der Waals surface area contributed by atoms with Gasteiger partial charge in [0.2, 0.25) is 0 Å². The number of allylic oxidation sites excluding steroid dienone is 1. The highest BCUT2D eigenvalue weighted by Crippen LogP contribution is 2.33. The number of fused-ring (bicyclic) bond motifs is 1. The molecule has 2 N–H and O–H groups in total. The van der Waals surface area contributed by atoms with Crippen LogP contribution < -0.4 is 9.44 Å². The van der Waals surface area contributed by atoms with Crippen LogP contribution in [0, 0.1) is 5.92 Å². The van der Waals surface area contributed by atoms with E-state index in [1.165, 1.54) is 18.3 Å². The van der Waals surface area contributed by atoms with Gasteiger partial charge in [-0.3, -0.25) is 4.99 Å². The summed E-state index contributed by atoms with van der Waals surface area (Å²) in [6.45, 7) is 7.52. The molecular weight excluding hydrogens is 264 g/mol. The van der Waals surface area contributed by atoms with Gasteiger partial charge in [0.1, 0.15) is 5.84 Å². The normalized spacial score (nSPS) is 27.6. The minimum Gasteiger partial charge on any atom is -0.334 e. The van der Waals surface area contributed by atoms with Crippen molar-refractivity contribution in [3.8, 4) is 0 Å². The lowest BCUT2D eigenvalue weighted by Gasteiger charge is -2.28. The molecule has 0 aromatic rings. The molecule has 0 aromatic carbocycles. The zero-order valence-corrected chi connectivity index (χ0v) is 12.7. The van der Waals surface area contributed by atoms with Gasteiger partial charge in [0, 0.05) is 25.8 Å². The van der Waals surface area contributed by atoms with Gasteiger partial charge in [-0.15, -0.1) is 0 Å². The highest BCUT2D eigenvalue weighted by Gasteiger charge is 2.33. The fraction of sp³-hybridized carbons (Fsp3) is 0.750. The Morgan fingerprint density at radius 2 is 2.11 bits per heavy atom. The van der Waals surface area contributed by atoms with Crippen molar-refractivity contribution >= 4 is 16.0 Å². The molecule has 2 aliphatic heterocycles. The van der Waals surface area contributed by atoms with Crippen molar-refractivity contribution in [2.24, 2.45) is 10.9 Å². The first-order chi connectivity index (χ1) is 8.84. The van der Waals surface area contributed by atoms with Crippen LogP contribution in [-0.2, 0) is 10.2 Å². The van der Waals surface area contributed by atoms with Gasteiger partial charge in [-0.25, -0.2) is 9.44 Å². The third kappa shape index (κ3) is 2.98. The van der Waals surface area contributed by atoms with Crippen LogP contribution in [0.5, 0.6) is 0 Å². The molecule has 2 rings (SSSR count). The molecule has 1 fully saturated rings. The topological polar surface area (TPSA) is 73.8 Å². The molecule has 0 aliphatic carbocycles. The molecule has 0 bridgehead atoms. The summed E-state index contributed by atoms with van der Waals surface area (Å²) >= 11 is 0. The van der Waals surface area contributed by atoms with E-state index < -0.39 is 10.2 Å². The van der Waals surface area contributed by atoms with Gasteiger partial charge in [0.05, 0.1) is 6.04 Å². The molecule has 2 heterocycles. The summed E-state index contributed by atoms with van der Waals surface area (Å²) in [6, 6.07) is 0.235. The van der Waals surface area contributed by atoms with E-state index in [1.807, 2.05) is 6.92 Å². The van der Waals surface area contributed by atoms with Crippen LogP contribution in [-0.4, -0.2) is 45.3 Å². The Hall–Kier alpha value is -0.920. The highest BCUT2D eigenvalue weighted by molar-refractivity contribution is 7.87. The van der Waals surface area contributed by atoms with Crippen molar-refractivity contribution in [2.45, 2.75) is 33.2 Å². The molecular formula is C12H22N4O2S. The molecule has 7 heteroatoms. The molecule has 1 saturated heterocycles.